The summed E-state index contributed by atoms with van der Waals surface area (Å²) in [6, 6.07) is 12.1. The van der Waals surface area contributed by atoms with Crippen LogP contribution in [0.3, 0.4) is 0 Å². The van der Waals surface area contributed by atoms with Crippen LogP contribution in [0, 0.1) is 6.92 Å². The zero-order valence-electron chi connectivity index (χ0n) is 22.7. The van der Waals surface area contributed by atoms with Gasteiger partial charge in [-0.3, -0.25) is 9.59 Å². The van der Waals surface area contributed by atoms with Crippen molar-refractivity contribution in [3.63, 3.8) is 0 Å². The predicted molar refractivity (Wildman–Crippen MR) is 160 cm³/mol. The summed E-state index contributed by atoms with van der Waals surface area (Å²) >= 11 is 24.9. The van der Waals surface area contributed by atoms with Crippen molar-refractivity contribution in [1.29, 1.82) is 0 Å². The van der Waals surface area contributed by atoms with Gasteiger partial charge in [-0.25, -0.2) is 9.67 Å². The summed E-state index contributed by atoms with van der Waals surface area (Å²) in [5.74, 6) is -2.71. The number of tetrazole rings is 1. The van der Waals surface area contributed by atoms with Gasteiger partial charge >= 0.3 is 6.18 Å². The molecule has 2 amide bonds. The predicted octanol–water partition coefficient (Wildman–Crippen LogP) is 6.43. The highest BCUT2D eigenvalue weighted by Crippen LogP contribution is 2.29. The van der Waals surface area contributed by atoms with Crippen molar-refractivity contribution >= 4 is 63.9 Å². The zero-order valence-corrected chi connectivity index (χ0v) is 25.7. The number of rotatable bonds is 8. The van der Waals surface area contributed by atoms with Crippen molar-refractivity contribution < 1.29 is 22.8 Å². The van der Waals surface area contributed by atoms with E-state index in [0.717, 1.165) is 4.68 Å². The fourth-order valence-corrected chi connectivity index (χ4v) is 5.00. The van der Waals surface area contributed by atoms with Crippen LogP contribution in [0.15, 0.2) is 54.7 Å². The van der Waals surface area contributed by atoms with Crippen LogP contribution < -0.4 is 10.6 Å². The minimum atomic E-state index is -4.80. The Bertz CT molecular complexity index is 1930. The lowest BCUT2D eigenvalue weighted by Crippen LogP contribution is -2.26. The van der Waals surface area contributed by atoms with E-state index in [1.165, 1.54) is 24.4 Å². The number of alkyl halides is 3. The number of benzene rings is 2. The molecule has 0 atom stereocenters. The van der Waals surface area contributed by atoms with Gasteiger partial charge in [-0.1, -0.05) is 46.4 Å². The number of nitrogens with one attached hydrogen (secondary N) is 2. The molecule has 45 heavy (non-hydrogen) atoms. The number of anilines is 1. The first-order valence-corrected chi connectivity index (χ1v) is 14.2. The van der Waals surface area contributed by atoms with E-state index in [1.54, 1.807) is 37.3 Å². The summed E-state index contributed by atoms with van der Waals surface area (Å²) in [5, 5.41) is 20.7. The zero-order chi connectivity index (χ0) is 32.5. The first-order valence-electron chi connectivity index (χ1n) is 12.7. The van der Waals surface area contributed by atoms with Gasteiger partial charge in [0, 0.05) is 27.8 Å². The van der Waals surface area contributed by atoms with Crippen molar-refractivity contribution in [2.45, 2.75) is 26.2 Å². The van der Waals surface area contributed by atoms with Crippen LogP contribution in [0.2, 0.25) is 20.1 Å². The third-order valence-electron chi connectivity index (χ3n) is 6.17. The Morgan fingerprint density at radius 2 is 1.71 bits per heavy atom. The average Bonchev–Trinajstić information content (AvgIpc) is 3.62. The monoisotopic (exact) mass is 697 g/mol. The molecule has 0 bridgehead atoms. The van der Waals surface area contributed by atoms with Gasteiger partial charge in [0.2, 0.25) is 0 Å². The molecular formula is C27H18Cl4F3N9O2. The summed E-state index contributed by atoms with van der Waals surface area (Å²) in [6.45, 7) is 1.29. The Balaban J connectivity index is 1.47. The molecule has 0 aliphatic heterocycles. The fourth-order valence-electron chi connectivity index (χ4n) is 4.15. The van der Waals surface area contributed by atoms with Crippen LogP contribution in [0.4, 0.5) is 18.9 Å². The summed E-state index contributed by atoms with van der Waals surface area (Å²) in [7, 11) is 0. The molecule has 0 saturated heterocycles. The molecule has 2 N–H and O–H groups in total. The van der Waals surface area contributed by atoms with E-state index in [1.807, 2.05) is 0 Å². The molecule has 0 aliphatic carbocycles. The lowest BCUT2D eigenvalue weighted by Gasteiger charge is -2.16. The van der Waals surface area contributed by atoms with Gasteiger partial charge in [0.05, 0.1) is 22.0 Å². The molecule has 3 heterocycles. The molecular weight excluding hydrogens is 681 g/mol. The lowest BCUT2D eigenvalue weighted by molar-refractivity contribution is -0.145. The standard InChI is InChI=1S/C27H18Cl4F3N9O2/c1-13-7-16(29)9-18(24(44)36-11-14-8-15(28)4-5-19(14)30)22(13)37-25(45)21-10-17(12-42-40-26(38-41-42)27(32,33)34)39-43(21)23-20(31)3-2-6-35-23/h2-10H,11-12H2,1H3,(H,36,44)(H,37,45). The Kier molecular flexibility index (Phi) is 9.30. The van der Waals surface area contributed by atoms with Gasteiger partial charge < -0.3 is 10.6 Å². The van der Waals surface area contributed by atoms with Crippen molar-refractivity contribution in [2.24, 2.45) is 0 Å². The van der Waals surface area contributed by atoms with Gasteiger partial charge in [-0.05, 0) is 71.8 Å². The molecule has 2 aromatic carbocycles. The van der Waals surface area contributed by atoms with E-state index in [2.05, 4.69) is 36.1 Å². The van der Waals surface area contributed by atoms with Crippen molar-refractivity contribution in [3.8, 4) is 5.82 Å². The molecule has 5 rings (SSSR count). The number of aryl methyl sites for hydroxylation is 1. The van der Waals surface area contributed by atoms with Crippen LogP contribution >= 0.6 is 46.4 Å². The van der Waals surface area contributed by atoms with E-state index in [4.69, 9.17) is 46.4 Å². The largest absolute Gasteiger partial charge is 0.455 e. The maximum absolute atomic E-state index is 13.8. The molecule has 0 spiro atoms. The summed E-state index contributed by atoms with van der Waals surface area (Å²) < 4.78 is 40.1. The number of hydrogen-bond acceptors (Lipinski definition) is 7. The molecule has 232 valence electrons. The second-order valence-corrected chi connectivity index (χ2v) is 11.1. The summed E-state index contributed by atoms with van der Waals surface area (Å²) in [6.07, 6.45) is -3.39. The Morgan fingerprint density at radius 3 is 2.42 bits per heavy atom. The highest BCUT2D eigenvalue weighted by molar-refractivity contribution is 6.33. The SMILES string of the molecule is Cc1cc(Cl)cc(C(=O)NCc2cc(Cl)ccc2Cl)c1NC(=O)c1cc(Cn2nnc(C(F)(F)F)n2)nn1-c1ncccc1Cl. The van der Waals surface area contributed by atoms with E-state index in [-0.39, 0.29) is 51.6 Å². The summed E-state index contributed by atoms with van der Waals surface area (Å²) in [4.78, 5) is 31.9. The Labute approximate surface area is 272 Å². The van der Waals surface area contributed by atoms with Crippen LogP contribution in [-0.4, -0.2) is 46.8 Å². The molecule has 11 nitrogen and oxygen atoms in total. The lowest BCUT2D eigenvalue weighted by atomic mass is 10.1. The highest BCUT2D eigenvalue weighted by atomic mass is 35.5. The normalized spacial score (nSPS) is 11.5. The molecule has 0 fully saturated rings. The van der Waals surface area contributed by atoms with E-state index in [9.17, 15) is 22.8 Å². The number of amides is 2. The first kappa shape index (κ1) is 32.2. The van der Waals surface area contributed by atoms with Crippen LogP contribution in [0.1, 0.15) is 43.5 Å². The van der Waals surface area contributed by atoms with Crippen LogP contribution in [0.25, 0.3) is 5.82 Å². The van der Waals surface area contributed by atoms with Crippen LogP contribution in [0.5, 0.6) is 0 Å². The Morgan fingerprint density at radius 1 is 0.933 bits per heavy atom. The maximum Gasteiger partial charge on any atom is 0.455 e. The topological polar surface area (TPSA) is 133 Å². The molecule has 0 radical (unpaired) electrons. The minimum absolute atomic E-state index is 0.0256. The Hall–Kier alpha value is -4.24. The molecule has 3 aromatic heterocycles. The van der Waals surface area contributed by atoms with E-state index >= 15 is 0 Å². The number of hydrogen-bond donors (Lipinski definition) is 2. The fraction of sp³-hybridized carbons (Fsp3) is 0.148. The second kappa shape index (κ2) is 13.0. The number of halogens is 7. The highest BCUT2D eigenvalue weighted by Gasteiger charge is 2.37. The molecule has 18 heteroatoms. The van der Waals surface area contributed by atoms with Gasteiger partial charge in [0.1, 0.15) is 12.2 Å². The molecule has 5 aromatic rings. The van der Waals surface area contributed by atoms with Gasteiger partial charge in [0.15, 0.2) is 5.82 Å². The summed E-state index contributed by atoms with van der Waals surface area (Å²) in [5.41, 5.74) is 1.16. The third kappa shape index (κ3) is 7.36. The molecule has 0 aliphatic rings. The number of carbonyl (C=O) groups is 2. The van der Waals surface area contributed by atoms with Crippen molar-refractivity contribution in [2.75, 3.05) is 5.32 Å². The minimum Gasteiger partial charge on any atom is -0.348 e. The van der Waals surface area contributed by atoms with Crippen molar-refractivity contribution in [1.82, 2.24) is 40.3 Å². The molecule has 0 unspecified atom stereocenters. The van der Waals surface area contributed by atoms with E-state index < -0.39 is 23.8 Å². The van der Waals surface area contributed by atoms with Gasteiger partial charge in [-0.15, -0.1) is 10.2 Å². The van der Waals surface area contributed by atoms with Gasteiger partial charge in [-0.2, -0.15) is 23.1 Å². The number of carbonyl (C=O) groups excluding carboxylic acids is 2. The smallest absolute Gasteiger partial charge is 0.348 e. The number of pyridine rings is 1. The first-order chi connectivity index (χ1) is 21.3. The van der Waals surface area contributed by atoms with E-state index in [0.29, 0.717) is 26.0 Å². The molecule has 0 saturated carbocycles. The van der Waals surface area contributed by atoms with Crippen molar-refractivity contribution in [3.05, 3.63) is 109 Å². The van der Waals surface area contributed by atoms with Gasteiger partial charge in [0.25, 0.3) is 17.6 Å². The number of aromatic nitrogens is 7. The average molecular weight is 699 g/mol. The third-order valence-corrected chi connectivity index (χ3v) is 7.29. The number of nitrogens with zero attached hydrogens (tertiary/aromatic N) is 7. The maximum atomic E-state index is 13.8. The van der Waals surface area contributed by atoms with Crippen LogP contribution in [-0.2, 0) is 19.3 Å². The quantitative estimate of drug-likeness (QED) is 0.191. The second-order valence-electron chi connectivity index (χ2n) is 9.40.